The zero-order valence-electron chi connectivity index (χ0n) is 20.2. The highest BCUT2D eigenvalue weighted by Gasteiger charge is 2.29. The molecule has 0 spiro atoms. The number of hydrogen-bond acceptors (Lipinski definition) is 8. The van der Waals surface area contributed by atoms with Crippen LogP contribution in [0.25, 0.3) is 0 Å². The van der Waals surface area contributed by atoms with Crippen LogP contribution < -0.4 is 16.0 Å². The van der Waals surface area contributed by atoms with Crippen LogP contribution in [0.15, 0.2) is 23.1 Å². The normalized spacial score (nSPS) is 15.4. The second-order valence-electron chi connectivity index (χ2n) is 8.21. The number of amides is 1. The summed E-state index contributed by atoms with van der Waals surface area (Å²) in [6.07, 6.45) is 1.47. The number of rotatable bonds is 10. The Bertz CT molecular complexity index is 1110. The molecule has 1 aromatic heterocycles. The molecule has 0 bridgehead atoms. The van der Waals surface area contributed by atoms with E-state index >= 15 is 0 Å². The maximum Gasteiger partial charge on any atom is 0.259 e. The fraction of sp³-hybridized carbons (Fsp3) is 0.545. The van der Waals surface area contributed by atoms with E-state index in [1.807, 2.05) is 14.0 Å². The van der Waals surface area contributed by atoms with Gasteiger partial charge in [0.25, 0.3) is 5.91 Å². The van der Waals surface area contributed by atoms with Gasteiger partial charge in [0, 0.05) is 33.2 Å². The number of benzene rings is 1. The van der Waals surface area contributed by atoms with E-state index in [1.54, 1.807) is 18.7 Å². The van der Waals surface area contributed by atoms with Crippen LogP contribution in [0, 0.1) is 0 Å². The smallest absolute Gasteiger partial charge is 0.259 e. The zero-order chi connectivity index (χ0) is 24.9. The maximum atomic E-state index is 13.4. The first-order valence-corrected chi connectivity index (χ1v) is 12.8. The van der Waals surface area contributed by atoms with Gasteiger partial charge in [-0.25, -0.2) is 14.3 Å². The van der Waals surface area contributed by atoms with E-state index < -0.39 is 15.9 Å². The Hall–Kier alpha value is -2.51. The molecule has 1 amide bonds. The van der Waals surface area contributed by atoms with Crippen molar-refractivity contribution in [1.82, 2.24) is 19.0 Å². The van der Waals surface area contributed by atoms with Crippen molar-refractivity contribution in [3.63, 3.8) is 0 Å². The molecule has 2 heterocycles. The molecule has 0 radical (unpaired) electrons. The van der Waals surface area contributed by atoms with E-state index in [4.69, 9.17) is 15.5 Å². The molecular formula is C22H34N6O5S. The number of sulfonamides is 1. The molecule has 1 aliphatic heterocycles. The third-order valence-electron chi connectivity index (χ3n) is 5.78. The van der Waals surface area contributed by atoms with Gasteiger partial charge in [-0.05, 0) is 38.6 Å². The summed E-state index contributed by atoms with van der Waals surface area (Å²) in [7, 11) is -0.0525. The molecule has 1 aliphatic rings. The lowest BCUT2D eigenvalue weighted by molar-refractivity contribution is 0.102. The molecule has 12 heteroatoms. The molecule has 3 N–H and O–H groups in total. The van der Waals surface area contributed by atoms with Crippen LogP contribution in [0.2, 0.25) is 0 Å². The standard InChI is InChI=1S/C22H34N6O5S/c1-5-7-18-21(19(15-33-23)27(4)25-18)24-22(29)17-14-16(8-9-20(17)32-6-2)34(30,31)28-12-10-26(3)11-13-28/h8-9,14H,5-7,10-13,15,23H2,1-4H3,(H,24,29). The number of nitrogens with two attached hydrogens (primary N) is 1. The number of hydrogen-bond donors (Lipinski definition) is 2. The highest BCUT2D eigenvalue weighted by Crippen LogP contribution is 2.28. The molecule has 11 nitrogen and oxygen atoms in total. The van der Waals surface area contributed by atoms with Crippen molar-refractivity contribution < 1.29 is 22.8 Å². The third-order valence-corrected chi connectivity index (χ3v) is 7.67. The van der Waals surface area contributed by atoms with Crippen LogP contribution in [0.1, 0.15) is 42.0 Å². The van der Waals surface area contributed by atoms with Crippen molar-refractivity contribution in [1.29, 1.82) is 0 Å². The minimum absolute atomic E-state index is 0.0520. The Morgan fingerprint density at radius 2 is 1.88 bits per heavy atom. The number of carbonyl (C=O) groups excluding carboxylic acids is 1. The first kappa shape index (κ1) is 26.1. The van der Waals surface area contributed by atoms with E-state index in [0.29, 0.717) is 62.0 Å². The zero-order valence-corrected chi connectivity index (χ0v) is 21.0. The molecule has 1 aromatic carbocycles. The van der Waals surface area contributed by atoms with E-state index in [9.17, 15) is 13.2 Å². The Kier molecular flexibility index (Phi) is 8.66. The fourth-order valence-electron chi connectivity index (χ4n) is 3.91. The van der Waals surface area contributed by atoms with E-state index in [-0.39, 0.29) is 17.1 Å². The summed E-state index contributed by atoms with van der Waals surface area (Å²) in [6.45, 7) is 6.28. The van der Waals surface area contributed by atoms with E-state index in [2.05, 4.69) is 15.3 Å². The summed E-state index contributed by atoms with van der Waals surface area (Å²) in [5.74, 6) is 5.09. The summed E-state index contributed by atoms with van der Waals surface area (Å²) in [5.41, 5.74) is 1.94. The van der Waals surface area contributed by atoms with E-state index in [0.717, 1.165) is 6.42 Å². The summed E-state index contributed by atoms with van der Waals surface area (Å²) in [5, 5.41) is 7.37. The van der Waals surface area contributed by atoms with E-state index in [1.165, 1.54) is 22.5 Å². The van der Waals surface area contributed by atoms with Gasteiger partial charge in [-0.1, -0.05) is 13.3 Å². The van der Waals surface area contributed by atoms with Crippen molar-refractivity contribution in [2.75, 3.05) is 45.2 Å². The number of aromatic nitrogens is 2. The molecule has 0 aliphatic carbocycles. The fourth-order valence-corrected chi connectivity index (χ4v) is 5.36. The maximum absolute atomic E-state index is 13.4. The van der Waals surface area contributed by atoms with Crippen molar-refractivity contribution in [2.45, 2.75) is 38.2 Å². The topological polar surface area (TPSA) is 132 Å². The van der Waals surface area contributed by atoms with Gasteiger partial charge in [0.05, 0.1) is 34.1 Å². The van der Waals surface area contributed by atoms with Gasteiger partial charge in [0.15, 0.2) is 0 Å². The van der Waals surface area contributed by atoms with Crippen molar-refractivity contribution in [2.24, 2.45) is 12.9 Å². The Morgan fingerprint density at radius 1 is 1.18 bits per heavy atom. The molecule has 3 rings (SSSR count). The SMILES string of the molecule is CCCc1nn(C)c(CON)c1NC(=O)c1cc(S(=O)(=O)N2CCN(C)CC2)ccc1OCC. The number of piperazine rings is 1. The van der Waals surface area contributed by atoms with Crippen LogP contribution in [-0.4, -0.2) is 73.1 Å². The quantitative estimate of drug-likeness (QED) is 0.473. The summed E-state index contributed by atoms with van der Waals surface area (Å²) < 4.78 is 35.2. The second-order valence-corrected chi connectivity index (χ2v) is 10.1. The van der Waals surface area contributed by atoms with Gasteiger partial charge < -0.3 is 15.0 Å². The molecule has 0 saturated carbocycles. The van der Waals surface area contributed by atoms with Crippen molar-refractivity contribution in [3.8, 4) is 5.75 Å². The average molecular weight is 495 g/mol. The third kappa shape index (κ3) is 5.58. The number of anilines is 1. The Morgan fingerprint density at radius 3 is 2.50 bits per heavy atom. The van der Waals surface area contributed by atoms with Gasteiger partial charge in [0.1, 0.15) is 12.4 Å². The lowest BCUT2D eigenvalue weighted by atomic mass is 10.1. The number of nitrogens with zero attached hydrogens (tertiary/aromatic N) is 4. The second kappa shape index (κ2) is 11.3. The predicted octanol–water partition coefficient (Wildman–Crippen LogP) is 1.35. The molecular weight excluding hydrogens is 460 g/mol. The van der Waals surface area contributed by atoms with Crippen molar-refractivity contribution >= 4 is 21.6 Å². The van der Waals surface area contributed by atoms with Gasteiger partial charge in [-0.3, -0.25) is 14.3 Å². The first-order valence-electron chi connectivity index (χ1n) is 11.4. The monoisotopic (exact) mass is 494 g/mol. The minimum Gasteiger partial charge on any atom is -0.493 e. The lowest BCUT2D eigenvalue weighted by Gasteiger charge is -2.31. The first-order chi connectivity index (χ1) is 16.2. The Labute approximate surface area is 200 Å². The molecule has 1 saturated heterocycles. The highest BCUT2D eigenvalue weighted by atomic mass is 32.2. The summed E-state index contributed by atoms with van der Waals surface area (Å²) >= 11 is 0. The Balaban J connectivity index is 1.98. The molecule has 34 heavy (non-hydrogen) atoms. The molecule has 2 aromatic rings. The predicted molar refractivity (Wildman–Crippen MR) is 128 cm³/mol. The van der Waals surface area contributed by atoms with Crippen LogP contribution in [0.4, 0.5) is 5.69 Å². The largest absolute Gasteiger partial charge is 0.493 e. The molecule has 188 valence electrons. The number of nitrogens with one attached hydrogen (secondary N) is 1. The van der Waals surface area contributed by atoms with Gasteiger partial charge in [0.2, 0.25) is 10.0 Å². The number of aryl methyl sites for hydroxylation is 2. The number of ether oxygens (including phenoxy) is 1. The highest BCUT2D eigenvalue weighted by molar-refractivity contribution is 7.89. The van der Waals surface area contributed by atoms with Crippen LogP contribution >= 0.6 is 0 Å². The van der Waals surface area contributed by atoms with Gasteiger partial charge >= 0.3 is 0 Å². The molecule has 1 fully saturated rings. The average Bonchev–Trinajstić information content (AvgIpc) is 3.09. The lowest BCUT2D eigenvalue weighted by Crippen LogP contribution is -2.47. The van der Waals surface area contributed by atoms with Crippen LogP contribution in [-0.2, 0) is 34.9 Å². The molecule has 0 unspecified atom stereocenters. The number of likely N-dealkylation sites (N-methyl/N-ethyl adjacent to an activating group) is 1. The van der Waals surface area contributed by atoms with Gasteiger partial charge in [-0.15, -0.1) is 0 Å². The summed E-state index contributed by atoms with van der Waals surface area (Å²) in [6, 6.07) is 4.39. The van der Waals surface area contributed by atoms with Crippen LogP contribution in [0.5, 0.6) is 5.75 Å². The number of carbonyl (C=O) groups is 1. The van der Waals surface area contributed by atoms with Gasteiger partial charge in [-0.2, -0.15) is 9.40 Å². The minimum atomic E-state index is -3.76. The summed E-state index contributed by atoms with van der Waals surface area (Å²) in [4.78, 5) is 20.3. The van der Waals surface area contributed by atoms with Crippen LogP contribution in [0.3, 0.4) is 0 Å². The van der Waals surface area contributed by atoms with Crippen molar-refractivity contribution in [3.05, 3.63) is 35.2 Å². The molecule has 0 atom stereocenters.